The number of aromatic nitrogens is 3. The minimum atomic E-state index is -0.365. The van der Waals surface area contributed by atoms with E-state index in [4.69, 9.17) is 0 Å². The van der Waals surface area contributed by atoms with Crippen LogP contribution >= 0.6 is 0 Å². The van der Waals surface area contributed by atoms with E-state index in [1.807, 2.05) is 12.1 Å². The van der Waals surface area contributed by atoms with Crippen LogP contribution in [0.1, 0.15) is 21.5 Å². The van der Waals surface area contributed by atoms with E-state index >= 15 is 0 Å². The number of amides is 1. The van der Waals surface area contributed by atoms with Crippen LogP contribution in [0.3, 0.4) is 0 Å². The van der Waals surface area contributed by atoms with Crippen molar-refractivity contribution in [2.45, 2.75) is 13.0 Å². The molecule has 0 radical (unpaired) electrons. The number of anilines is 1. The molecule has 4 rings (SSSR count). The molecule has 0 saturated carbocycles. The highest BCUT2D eigenvalue weighted by Gasteiger charge is 2.17. The number of aromatic amines is 1. The quantitative estimate of drug-likeness (QED) is 0.656. The second-order valence-electron chi connectivity index (χ2n) is 5.47. The number of hydrogen-bond donors (Lipinski definition) is 3. The van der Waals surface area contributed by atoms with E-state index in [2.05, 4.69) is 26.9 Å². The summed E-state index contributed by atoms with van der Waals surface area (Å²) in [7, 11) is 0. The van der Waals surface area contributed by atoms with Crippen molar-refractivity contribution in [3.63, 3.8) is 0 Å². The van der Waals surface area contributed by atoms with Gasteiger partial charge in [-0.1, -0.05) is 12.1 Å². The second kappa shape index (κ2) is 5.36. The van der Waals surface area contributed by atoms with Gasteiger partial charge in [-0.3, -0.25) is 4.79 Å². The van der Waals surface area contributed by atoms with Gasteiger partial charge in [-0.25, -0.2) is 14.3 Å². The molecule has 116 valence electrons. The van der Waals surface area contributed by atoms with Crippen LogP contribution in [0.4, 0.5) is 5.69 Å². The van der Waals surface area contributed by atoms with Crippen LogP contribution in [0.2, 0.25) is 0 Å². The average Bonchev–Trinajstić information content (AvgIpc) is 2.96. The fourth-order valence-corrected chi connectivity index (χ4v) is 2.93. The van der Waals surface area contributed by atoms with Gasteiger partial charge in [0, 0.05) is 18.4 Å². The van der Waals surface area contributed by atoms with Crippen LogP contribution in [-0.4, -0.2) is 27.0 Å². The normalized spacial score (nSPS) is 13.7. The van der Waals surface area contributed by atoms with Crippen molar-refractivity contribution in [3.05, 3.63) is 63.7 Å². The summed E-state index contributed by atoms with van der Waals surface area (Å²) in [6.45, 7) is 1.68. The highest BCUT2D eigenvalue weighted by atomic mass is 16.2. The molecule has 23 heavy (non-hydrogen) atoms. The molecule has 7 heteroatoms. The van der Waals surface area contributed by atoms with E-state index in [9.17, 15) is 9.59 Å². The van der Waals surface area contributed by atoms with E-state index < -0.39 is 0 Å². The van der Waals surface area contributed by atoms with Crippen LogP contribution in [0.5, 0.6) is 0 Å². The molecule has 1 aromatic carbocycles. The zero-order valence-corrected chi connectivity index (χ0v) is 12.3. The summed E-state index contributed by atoms with van der Waals surface area (Å²) in [5.41, 5.74) is 3.45. The lowest BCUT2D eigenvalue weighted by Crippen LogP contribution is -2.25. The number of benzene rings is 1. The van der Waals surface area contributed by atoms with Crippen LogP contribution in [0.15, 0.2) is 41.3 Å². The summed E-state index contributed by atoms with van der Waals surface area (Å²) >= 11 is 0. The Kier molecular flexibility index (Phi) is 3.20. The van der Waals surface area contributed by atoms with E-state index in [0.717, 1.165) is 30.8 Å². The van der Waals surface area contributed by atoms with Gasteiger partial charge in [-0.15, -0.1) is 0 Å². The molecule has 3 heterocycles. The first-order valence-corrected chi connectivity index (χ1v) is 7.42. The Balaban J connectivity index is 1.72. The first-order valence-electron chi connectivity index (χ1n) is 7.42. The van der Waals surface area contributed by atoms with Gasteiger partial charge >= 0.3 is 5.69 Å². The van der Waals surface area contributed by atoms with Gasteiger partial charge in [-0.2, -0.15) is 5.10 Å². The third-order valence-corrected chi connectivity index (χ3v) is 4.08. The van der Waals surface area contributed by atoms with E-state index in [1.165, 1.54) is 9.96 Å². The summed E-state index contributed by atoms with van der Waals surface area (Å²) in [6.07, 6.45) is 2.52. The first kappa shape index (κ1) is 13.7. The molecular formula is C16H15N5O2. The molecule has 2 aromatic heterocycles. The van der Waals surface area contributed by atoms with Crippen LogP contribution < -0.4 is 16.3 Å². The molecule has 0 saturated heterocycles. The predicted octanol–water partition coefficient (Wildman–Crippen LogP) is 0.921. The Bertz CT molecular complexity index is 957. The summed E-state index contributed by atoms with van der Waals surface area (Å²) in [4.78, 5) is 24.2. The molecule has 0 aliphatic carbocycles. The highest BCUT2D eigenvalue weighted by molar-refractivity contribution is 6.08. The maximum atomic E-state index is 12.6. The summed E-state index contributed by atoms with van der Waals surface area (Å²) in [5.74, 6) is -0.284. The average molecular weight is 309 g/mol. The van der Waals surface area contributed by atoms with Crippen molar-refractivity contribution >= 4 is 17.2 Å². The van der Waals surface area contributed by atoms with E-state index in [1.54, 1.807) is 18.3 Å². The lowest BCUT2D eigenvalue weighted by molar-refractivity contribution is 0.102. The summed E-state index contributed by atoms with van der Waals surface area (Å²) < 4.78 is 1.32. The number of fused-ring (bicyclic) bond motifs is 2. The second-order valence-corrected chi connectivity index (χ2v) is 5.47. The van der Waals surface area contributed by atoms with Gasteiger partial charge in [0.15, 0.2) is 5.65 Å². The molecule has 1 aliphatic heterocycles. The minimum absolute atomic E-state index is 0.284. The monoisotopic (exact) mass is 309 g/mol. The van der Waals surface area contributed by atoms with Gasteiger partial charge in [0.05, 0.1) is 5.56 Å². The number of pyridine rings is 1. The van der Waals surface area contributed by atoms with Crippen LogP contribution in [0.25, 0.3) is 5.65 Å². The lowest BCUT2D eigenvalue weighted by Gasteiger charge is -2.20. The van der Waals surface area contributed by atoms with Gasteiger partial charge in [0.25, 0.3) is 5.91 Å². The number of carbonyl (C=O) groups is 1. The number of hydrogen-bond acceptors (Lipinski definition) is 4. The van der Waals surface area contributed by atoms with Gasteiger partial charge < -0.3 is 10.6 Å². The Labute approximate surface area is 131 Å². The molecular weight excluding hydrogens is 294 g/mol. The minimum Gasteiger partial charge on any atom is -0.322 e. The first-order chi connectivity index (χ1) is 11.2. The molecule has 0 spiro atoms. The third kappa shape index (κ3) is 2.31. The number of rotatable bonds is 2. The lowest BCUT2D eigenvalue weighted by atomic mass is 9.99. The Hall–Kier alpha value is -2.93. The van der Waals surface area contributed by atoms with E-state index in [-0.39, 0.29) is 11.6 Å². The SMILES string of the molecule is O=C(Nc1cccc2c1CNCC2)c1cccn2c(=O)[nH]nc12. The standard InChI is InChI=1S/C16H15N5O2/c22-15(11-4-2-8-21-14(11)19-20-16(21)23)18-13-5-1-3-10-6-7-17-9-12(10)13/h1-5,8,17H,6-7,9H2,(H,18,22)(H,20,23). The summed E-state index contributed by atoms with van der Waals surface area (Å²) in [5, 5.41) is 12.5. The van der Waals surface area contributed by atoms with Gasteiger partial charge in [0.1, 0.15) is 0 Å². The Morgan fingerprint density at radius 3 is 3.09 bits per heavy atom. The Morgan fingerprint density at radius 1 is 1.26 bits per heavy atom. The largest absolute Gasteiger partial charge is 0.347 e. The maximum Gasteiger partial charge on any atom is 0.347 e. The highest BCUT2D eigenvalue weighted by Crippen LogP contribution is 2.23. The topological polar surface area (TPSA) is 91.3 Å². The van der Waals surface area contributed by atoms with Crippen molar-refractivity contribution in [2.24, 2.45) is 0 Å². The third-order valence-electron chi connectivity index (χ3n) is 4.08. The van der Waals surface area contributed by atoms with Crippen molar-refractivity contribution < 1.29 is 4.79 Å². The van der Waals surface area contributed by atoms with Crippen molar-refractivity contribution in [1.29, 1.82) is 0 Å². The van der Waals surface area contributed by atoms with Gasteiger partial charge in [-0.05, 0) is 42.3 Å². The number of nitrogens with one attached hydrogen (secondary N) is 3. The van der Waals surface area contributed by atoms with Gasteiger partial charge in [0.2, 0.25) is 0 Å². The number of nitrogens with zero attached hydrogens (tertiary/aromatic N) is 2. The molecule has 0 atom stereocenters. The van der Waals surface area contributed by atoms with Crippen molar-refractivity contribution in [3.8, 4) is 0 Å². The predicted molar refractivity (Wildman–Crippen MR) is 85.6 cm³/mol. The van der Waals surface area contributed by atoms with Crippen LogP contribution in [0, 0.1) is 0 Å². The molecule has 1 amide bonds. The Morgan fingerprint density at radius 2 is 2.17 bits per heavy atom. The van der Waals surface area contributed by atoms with E-state index in [0.29, 0.717) is 11.2 Å². The molecule has 7 nitrogen and oxygen atoms in total. The van der Waals surface area contributed by atoms with Crippen LogP contribution in [-0.2, 0) is 13.0 Å². The van der Waals surface area contributed by atoms with Crippen molar-refractivity contribution in [2.75, 3.05) is 11.9 Å². The number of H-pyrrole nitrogens is 1. The molecule has 0 unspecified atom stereocenters. The molecule has 0 fully saturated rings. The fraction of sp³-hybridized carbons (Fsp3) is 0.188. The fourth-order valence-electron chi connectivity index (χ4n) is 2.93. The molecule has 0 bridgehead atoms. The smallest absolute Gasteiger partial charge is 0.322 e. The molecule has 3 N–H and O–H groups in total. The summed E-state index contributed by atoms with van der Waals surface area (Å²) in [6, 6.07) is 9.22. The maximum absolute atomic E-state index is 12.6. The van der Waals surface area contributed by atoms with Crippen molar-refractivity contribution in [1.82, 2.24) is 19.9 Å². The zero-order chi connectivity index (χ0) is 15.8. The number of carbonyl (C=O) groups excluding carboxylic acids is 1. The zero-order valence-electron chi connectivity index (χ0n) is 12.3. The molecule has 1 aliphatic rings. The molecule has 3 aromatic rings.